The number of nitrogens with one attached hydrogen (secondary N) is 1. The van der Waals surface area contributed by atoms with E-state index >= 15 is 0 Å². The molecule has 26 heavy (non-hydrogen) atoms. The molecule has 1 amide bonds. The lowest BCUT2D eigenvalue weighted by Gasteiger charge is -2.28. The molecule has 0 aliphatic carbocycles. The minimum absolute atomic E-state index is 0.280. The van der Waals surface area contributed by atoms with Gasteiger partial charge in [0.05, 0.1) is 0 Å². The van der Waals surface area contributed by atoms with Gasteiger partial charge >= 0.3 is 5.97 Å². The summed E-state index contributed by atoms with van der Waals surface area (Å²) in [5.41, 5.74) is 1.69. The fourth-order valence-corrected chi connectivity index (χ4v) is 3.02. The Labute approximate surface area is 150 Å². The van der Waals surface area contributed by atoms with Gasteiger partial charge in [-0.05, 0) is 61.2 Å². The molecule has 1 aliphatic rings. The Morgan fingerprint density at radius 3 is 2.42 bits per heavy atom. The number of aliphatic carboxylic acids is 1. The summed E-state index contributed by atoms with van der Waals surface area (Å²) >= 11 is 0. The molecule has 0 aromatic heterocycles. The monoisotopic (exact) mass is 357 g/mol. The maximum atomic E-state index is 13.1. The van der Waals surface area contributed by atoms with Crippen LogP contribution in [0.4, 0.5) is 4.39 Å². The van der Waals surface area contributed by atoms with Gasteiger partial charge in [0.1, 0.15) is 11.6 Å². The second-order valence-electron chi connectivity index (χ2n) is 6.78. The highest BCUT2D eigenvalue weighted by Gasteiger charge is 2.40. The second kappa shape index (κ2) is 6.44. The number of rotatable bonds is 4. The molecule has 2 unspecified atom stereocenters. The molecule has 2 aromatic rings. The topological polar surface area (TPSA) is 75.6 Å². The summed E-state index contributed by atoms with van der Waals surface area (Å²) < 4.78 is 18.9. The molecule has 0 saturated heterocycles. The van der Waals surface area contributed by atoms with E-state index in [1.165, 1.54) is 19.1 Å². The predicted molar refractivity (Wildman–Crippen MR) is 93.6 cm³/mol. The third-order valence-electron chi connectivity index (χ3n) is 4.87. The Hall–Kier alpha value is -2.89. The van der Waals surface area contributed by atoms with Crippen molar-refractivity contribution in [1.82, 2.24) is 5.32 Å². The normalized spacial score (nSPS) is 17.8. The Balaban J connectivity index is 1.81. The van der Waals surface area contributed by atoms with Gasteiger partial charge in [0.15, 0.2) is 11.6 Å². The number of hydrogen-bond donors (Lipinski definition) is 2. The van der Waals surface area contributed by atoms with Crippen LogP contribution in [0.1, 0.15) is 29.2 Å². The first-order valence-corrected chi connectivity index (χ1v) is 8.29. The van der Waals surface area contributed by atoms with Crippen molar-refractivity contribution >= 4 is 11.9 Å². The zero-order valence-corrected chi connectivity index (χ0v) is 14.8. The number of amides is 1. The number of ether oxygens (including phenoxy) is 1. The van der Waals surface area contributed by atoms with Gasteiger partial charge in [-0.1, -0.05) is 18.2 Å². The van der Waals surface area contributed by atoms with Gasteiger partial charge in [0.2, 0.25) is 0 Å². The molecule has 0 bridgehead atoms. The molecule has 0 radical (unpaired) electrons. The molecule has 0 spiro atoms. The number of carbonyl (C=O) groups is 2. The van der Waals surface area contributed by atoms with Gasteiger partial charge < -0.3 is 15.2 Å². The van der Waals surface area contributed by atoms with E-state index in [4.69, 9.17) is 4.74 Å². The number of aryl methyl sites for hydroxylation is 2. The van der Waals surface area contributed by atoms with E-state index in [1.807, 2.05) is 26.0 Å². The Morgan fingerprint density at radius 2 is 1.81 bits per heavy atom. The van der Waals surface area contributed by atoms with Crippen molar-refractivity contribution in [3.05, 3.63) is 64.5 Å². The molecule has 6 heteroatoms. The number of carboxylic acid groups (broad SMARTS) is 1. The summed E-state index contributed by atoms with van der Waals surface area (Å²) in [5, 5.41) is 12.2. The Morgan fingerprint density at radius 1 is 1.19 bits per heavy atom. The number of hydrogen-bond acceptors (Lipinski definition) is 3. The lowest BCUT2D eigenvalue weighted by Crippen LogP contribution is -2.53. The number of carboxylic acids is 1. The standard InChI is InChI=1S/C20H20FNO4/c1-11-8-13-10-17(26-16(13)9-12(11)2)18(23)22-20(3,19(24)25)14-4-6-15(21)7-5-14/h4-9,17H,10H2,1-3H3,(H,22,23)(H,24,25). The van der Waals surface area contributed by atoms with Crippen molar-refractivity contribution in [3.63, 3.8) is 0 Å². The summed E-state index contributed by atoms with van der Waals surface area (Å²) in [4.78, 5) is 24.5. The van der Waals surface area contributed by atoms with Crippen molar-refractivity contribution in [2.75, 3.05) is 0 Å². The van der Waals surface area contributed by atoms with E-state index < -0.39 is 29.3 Å². The zero-order valence-electron chi connectivity index (χ0n) is 14.8. The number of carbonyl (C=O) groups excluding carboxylic acids is 1. The molecule has 5 nitrogen and oxygen atoms in total. The van der Waals surface area contributed by atoms with Crippen LogP contribution in [0.25, 0.3) is 0 Å². The minimum Gasteiger partial charge on any atom is -0.480 e. The molecule has 0 saturated carbocycles. The molecule has 136 valence electrons. The van der Waals surface area contributed by atoms with Crippen molar-refractivity contribution in [3.8, 4) is 5.75 Å². The smallest absolute Gasteiger partial charge is 0.333 e. The van der Waals surface area contributed by atoms with Crippen LogP contribution < -0.4 is 10.1 Å². The Kier molecular flexibility index (Phi) is 4.44. The molecule has 1 aliphatic heterocycles. The molecule has 1 heterocycles. The summed E-state index contributed by atoms with van der Waals surface area (Å²) in [6.45, 7) is 5.32. The molecule has 3 rings (SSSR count). The van der Waals surface area contributed by atoms with E-state index in [0.717, 1.165) is 28.8 Å². The van der Waals surface area contributed by atoms with Crippen molar-refractivity contribution in [2.24, 2.45) is 0 Å². The molecule has 0 fully saturated rings. The highest BCUT2D eigenvalue weighted by Crippen LogP contribution is 2.32. The van der Waals surface area contributed by atoms with Crippen LogP contribution in [-0.2, 0) is 21.5 Å². The van der Waals surface area contributed by atoms with E-state index in [2.05, 4.69) is 5.32 Å². The largest absolute Gasteiger partial charge is 0.480 e. The van der Waals surface area contributed by atoms with Gasteiger partial charge in [-0.25, -0.2) is 9.18 Å². The van der Waals surface area contributed by atoms with Crippen LogP contribution in [0.5, 0.6) is 5.75 Å². The van der Waals surface area contributed by atoms with E-state index in [-0.39, 0.29) is 5.56 Å². The lowest BCUT2D eigenvalue weighted by atomic mass is 9.91. The van der Waals surface area contributed by atoms with Crippen LogP contribution >= 0.6 is 0 Å². The number of fused-ring (bicyclic) bond motifs is 1. The summed E-state index contributed by atoms with van der Waals surface area (Å²) in [7, 11) is 0. The fraction of sp³-hybridized carbons (Fsp3) is 0.300. The average Bonchev–Trinajstić information content (AvgIpc) is 2.98. The molecular formula is C20H20FNO4. The van der Waals surface area contributed by atoms with Crippen molar-refractivity contribution in [2.45, 2.75) is 38.8 Å². The van der Waals surface area contributed by atoms with Crippen LogP contribution in [0.2, 0.25) is 0 Å². The highest BCUT2D eigenvalue weighted by molar-refractivity contribution is 5.90. The van der Waals surface area contributed by atoms with E-state index in [1.54, 1.807) is 0 Å². The number of halogens is 1. The summed E-state index contributed by atoms with van der Waals surface area (Å²) in [6, 6.07) is 8.89. The summed E-state index contributed by atoms with van der Waals surface area (Å²) in [5.74, 6) is -1.59. The average molecular weight is 357 g/mol. The maximum absolute atomic E-state index is 13.1. The Bertz CT molecular complexity index is 847. The van der Waals surface area contributed by atoms with Gasteiger partial charge in [-0.2, -0.15) is 0 Å². The maximum Gasteiger partial charge on any atom is 0.333 e. The van der Waals surface area contributed by atoms with Crippen LogP contribution in [0, 0.1) is 19.7 Å². The highest BCUT2D eigenvalue weighted by atomic mass is 19.1. The predicted octanol–water partition coefficient (Wildman–Crippen LogP) is 2.86. The molecule has 2 atom stereocenters. The second-order valence-corrected chi connectivity index (χ2v) is 6.78. The van der Waals surface area contributed by atoms with Crippen molar-refractivity contribution in [1.29, 1.82) is 0 Å². The first kappa shape index (κ1) is 17.9. The van der Waals surface area contributed by atoms with Crippen LogP contribution in [0.3, 0.4) is 0 Å². The third kappa shape index (κ3) is 3.14. The third-order valence-corrected chi connectivity index (χ3v) is 4.87. The van der Waals surface area contributed by atoms with Crippen molar-refractivity contribution < 1.29 is 23.8 Å². The van der Waals surface area contributed by atoms with Crippen LogP contribution in [0.15, 0.2) is 36.4 Å². The van der Waals surface area contributed by atoms with Gasteiger partial charge in [-0.15, -0.1) is 0 Å². The quantitative estimate of drug-likeness (QED) is 0.882. The molecule has 2 aromatic carbocycles. The molecular weight excluding hydrogens is 337 g/mol. The fourth-order valence-electron chi connectivity index (χ4n) is 3.02. The van der Waals surface area contributed by atoms with E-state index in [0.29, 0.717) is 12.2 Å². The van der Waals surface area contributed by atoms with Gasteiger partial charge in [0.25, 0.3) is 5.91 Å². The zero-order chi connectivity index (χ0) is 19.1. The van der Waals surface area contributed by atoms with Crippen LogP contribution in [-0.4, -0.2) is 23.1 Å². The molecule has 2 N–H and O–H groups in total. The SMILES string of the molecule is Cc1cc2c(cc1C)OC(C(=O)NC(C)(C(=O)O)c1ccc(F)cc1)C2. The first-order valence-electron chi connectivity index (χ1n) is 8.29. The summed E-state index contributed by atoms with van der Waals surface area (Å²) in [6.07, 6.45) is -0.424. The van der Waals surface area contributed by atoms with Gasteiger partial charge in [0, 0.05) is 6.42 Å². The number of benzene rings is 2. The van der Waals surface area contributed by atoms with E-state index in [9.17, 15) is 19.1 Å². The lowest BCUT2D eigenvalue weighted by molar-refractivity contribution is -0.148. The van der Waals surface area contributed by atoms with Gasteiger partial charge in [-0.3, -0.25) is 4.79 Å². The first-order chi connectivity index (χ1) is 12.2. The minimum atomic E-state index is -1.69.